The lowest BCUT2D eigenvalue weighted by Gasteiger charge is -2.31. The average molecular weight is 316 g/mol. The lowest BCUT2D eigenvalue weighted by molar-refractivity contribution is -0.292. The number of aromatic nitrogens is 1. The molecular formula is C12H14F6N2O. The molecule has 1 heterocycles. The predicted octanol–water partition coefficient (Wildman–Crippen LogP) is 3.48. The minimum absolute atomic E-state index is 0.0649. The van der Waals surface area contributed by atoms with E-state index in [-0.39, 0.29) is 17.9 Å². The van der Waals surface area contributed by atoms with Crippen LogP contribution < -0.4 is 10.1 Å². The lowest BCUT2D eigenvalue weighted by atomic mass is 9.92. The standard InChI is InChI=1S/C12H14F6N2O/c1-3-20-9(7-4-8(21-2)6-19-5-7)10(11(13,14)15)12(16,17)18/h4-6,9-10,20H,3H2,1-2H3. The minimum Gasteiger partial charge on any atom is -0.495 e. The van der Waals surface area contributed by atoms with Crippen molar-refractivity contribution in [3.8, 4) is 5.75 Å². The van der Waals surface area contributed by atoms with E-state index in [1.165, 1.54) is 20.2 Å². The van der Waals surface area contributed by atoms with E-state index in [9.17, 15) is 26.3 Å². The molecule has 1 rings (SSSR count). The van der Waals surface area contributed by atoms with Crippen LogP contribution in [0.2, 0.25) is 0 Å². The van der Waals surface area contributed by atoms with Gasteiger partial charge in [-0.2, -0.15) is 26.3 Å². The quantitative estimate of drug-likeness (QED) is 0.845. The number of hydrogen-bond acceptors (Lipinski definition) is 3. The lowest BCUT2D eigenvalue weighted by Crippen LogP contribution is -2.45. The molecule has 3 nitrogen and oxygen atoms in total. The van der Waals surface area contributed by atoms with Crippen LogP contribution in [0.3, 0.4) is 0 Å². The molecule has 1 N–H and O–H groups in total. The number of halogens is 6. The van der Waals surface area contributed by atoms with Gasteiger partial charge in [0.25, 0.3) is 0 Å². The Balaban J connectivity index is 3.30. The topological polar surface area (TPSA) is 34.2 Å². The van der Waals surface area contributed by atoms with Crippen LogP contribution >= 0.6 is 0 Å². The van der Waals surface area contributed by atoms with E-state index in [1.54, 1.807) is 0 Å². The van der Waals surface area contributed by atoms with Crippen LogP contribution in [0.5, 0.6) is 5.75 Å². The molecule has 120 valence electrons. The molecule has 0 aliphatic rings. The van der Waals surface area contributed by atoms with E-state index in [4.69, 9.17) is 4.74 Å². The molecule has 1 unspecified atom stereocenters. The van der Waals surface area contributed by atoms with E-state index < -0.39 is 24.3 Å². The molecule has 9 heteroatoms. The van der Waals surface area contributed by atoms with E-state index in [2.05, 4.69) is 10.3 Å². The highest BCUT2D eigenvalue weighted by Crippen LogP contribution is 2.46. The third kappa shape index (κ3) is 4.48. The van der Waals surface area contributed by atoms with E-state index in [0.717, 1.165) is 12.3 Å². The molecule has 0 aliphatic heterocycles. The largest absolute Gasteiger partial charge is 0.495 e. The molecule has 0 aromatic carbocycles. The third-order valence-corrected chi connectivity index (χ3v) is 2.79. The molecule has 0 bridgehead atoms. The van der Waals surface area contributed by atoms with E-state index in [0.29, 0.717) is 0 Å². The summed E-state index contributed by atoms with van der Waals surface area (Å²) < 4.78 is 81.9. The predicted molar refractivity (Wildman–Crippen MR) is 62.8 cm³/mol. The molecule has 0 saturated carbocycles. The van der Waals surface area contributed by atoms with Gasteiger partial charge in [-0.1, -0.05) is 6.92 Å². The molecule has 1 aromatic heterocycles. The van der Waals surface area contributed by atoms with E-state index >= 15 is 0 Å². The van der Waals surface area contributed by atoms with Crippen molar-refractivity contribution in [2.75, 3.05) is 13.7 Å². The molecule has 21 heavy (non-hydrogen) atoms. The Labute approximate surface area is 117 Å². The van der Waals surface area contributed by atoms with Gasteiger partial charge in [0.15, 0.2) is 5.92 Å². The highest BCUT2D eigenvalue weighted by molar-refractivity contribution is 5.27. The van der Waals surface area contributed by atoms with Crippen molar-refractivity contribution in [2.45, 2.75) is 25.3 Å². The first kappa shape index (κ1) is 17.5. The summed E-state index contributed by atoms with van der Waals surface area (Å²) in [5.41, 5.74) is -0.240. The Kier molecular flexibility index (Phi) is 5.43. The summed E-state index contributed by atoms with van der Waals surface area (Å²) >= 11 is 0. The Hall–Kier alpha value is -1.51. The first-order valence-corrected chi connectivity index (χ1v) is 5.97. The van der Waals surface area contributed by atoms with Crippen molar-refractivity contribution in [3.63, 3.8) is 0 Å². The van der Waals surface area contributed by atoms with Gasteiger partial charge in [0, 0.05) is 6.20 Å². The van der Waals surface area contributed by atoms with Gasteiger partial charge in [-0.25, -0.2) is 0 Å². The van der Waals surface area contributed by atoms with Crippen LogP contribution in [-0.2, 0) is 0 Å². The second kappa shape index (κ2) is 6.50. The normalized spacial score (nSPS) is 14.3. The number of nitrogens with one attached hydrogen (secondary N) is 1. The first-order chi connectivity index (χ1) is 9.61. The van der Waals surface area contributed by atoms with Crippen molar-refractivity contribution in [1.82, 2.24) is 10.3 Å². The molecular weight excluding hydrogens is 302 g/mol. The van der Waals surface area contributed by atoms with Crippen LogP contribution in [0.25, 0.3) is 0 Å². The average Bonchev–Trinajstić information content (AvgIpc) is 2.35. The Bertz CT molecular complexity index is 446. The van der Waals surface area contributed by atoms with Crippen molar-refractivity contribution < 1.29 is 31.1 Å². The molecule has 0 aliphatic carbocycles. The second-order valence-corrected chi connectivity index (χ2v) is 4.25. The maximum atomic E-state index is 12.8. The summed E-state index contributed by atoms with van der Waals surface area (Å²) in [6.45, 7) is 1.36. The molecule has 0 radical (unpaired) electrons. The van der Waals surface area contributed by atoms with Crippen LogP contribution in [0, 0.1) is 5.92 Å². The van der Waals surface area contributed by atoms with Gasteiger partial charge >= 0.3 is 12.4 Å². The zero-order chi connectivity index (χ0) is 16.3. The fraction of sp³-hybridized carbons (Fsp3) is 0.583. The minimum atomic E-state index is -5.44. The van der Waals surface area contributed by atoms with Gasteiger partial charge in [-0.3, -0.25) is 4.98 Å². The van der Waals surface area contributed by atoms with E-state index in [1.807, 2.05) is 0 Å². The van der Waals surface area contributed by atoms with Crippen LogP contribution in [0.1, 0.15) is 18.5 Å². The van der Waals surface area contributed by atoms with Crippen molar-refractivity contribution >= 4 is 0 Å². The third-order valence-electron chi connectivity index (χ3n) is 2.79. The van der Waals surface area contributed by atoms with Gasteiger partial charge in [-0.05, 0) is 18.2 Å². The maximum Gasteiger partial charge on any atom is 0.402 e. The molecule has 0 amide bonds. The van der Waals surface area contributed by atoms with Gasteiger partial charge < -0.3 is 10.1 Å². The Morgan fingerprint density at radius 2 is 1.71 bits per heavy atom. The Morgan fingerprint density at radius 3 is 2.14 bits per heavy atom. The smallest absolute Gasteiger partial charge is 0.402 e. The van der Waals surface area contributed by atoms with Crippen LogP contribution in [0.4, 0.5) is 26.3 Å². The summed E-state index contributed by atoms with van der Waals surface area (Å²) in [6, 6.07) is -0.886. The Morgan fingerprint density at radius 1 is 1.14 bits per heavy atom. The molecule has 0 spiro atoms. The summed E-state index contributed by atoms with van der Waals surface area (Å²) in [7, 11) is 1.24. The number of hydrogen-bond donors (Lipinski definition) is 1. The number of ether oxygens (including phenoxy) is 1. The second-order valence-electron chi connectivity index (χ2n) is 4.25. The molecule has 1 aromatic rings. The van der Waals surface area contributed by atoms with Crippen LogP contribution in [0.15, 0.2) is 18.5 Å². The summed E-state index contributed by atoms with van der Waals surface area (Å²) in [4.78, 5) is 3.61. The van der Waals surface area contributed by atoms with Gasteiger partial charge in [0.05, 0.1) is 19.3 Å². The van der Waals surface area contributed by atoms with Crippen molar-refractivity contribution in [1.29, 1.82) is 0 Å². The van der Waals surface area contributed by atoms with Gasteiger partial charge in [0.1, 0.15) is 5.75 Å². The fourth-order valence-electron chi connectivity index (χ4n) is 1.93. The van der Waals surface area contributed by atoms with Gasteiger partial charge in [-0.15, -0.1) is 0 Å². The van der Waals surface area contributed by atoms with Crippen molar-refractivity contribution in [2.24, 2.45) is 5.92 Å². The van der Waals surface area contributed by atoms with Gasteiger partial charge in [0.2, 0.25) is 0 Å². The summed E-state index contributed by atoms with van der Waals surface area (Å²) in [6.07, 6.45) is -8.72. The fourth-order valence-corrected chi connectivity index (χ4v) is 1.93. The molecule has 0 saturated heterocycles. The van der Waals surface area contributed by atoms with Crippen molar-refractivity contribution in [3.05, 3.63) is 24.0 Å². The molecule has 0 fully saturated rings. The number of pyridine rings is 1. The summed E-state index contributed by atoms with van der Waals surface area (Å²) in [5.74, 6) is -3.45. The number of nitrogens with zero attached hydrogens (tertiary/aromatic N) is 1. The maximum absolute atomic E-state index is 12.8. The number of alkyl halides is 6. The summed E-state index contributed by atoms with van der Waals surface area (Å²) in [5, 5.41) is 2.23. The number of methoxy groups -OCH3 is 1. The highest BCUT2D eigenvalue weighted by Gasteiger charge is 2.60. The SMILES string of the molecule is CCNC(c1cncc(OC)c1)C(C(F)(F)F)C(F)(F)F. The van der Waals surface area contributed by atoms with Crippen LogP contribution in [-0.4, -0.2) is 31.0 Å². The zero-order valence-corrected chi connectivity index (χ0v) is 11.2. The molecule has 1 atom stereocenters. The zero-order valence-electron chi connectivity index (χ0n) is 11.2. The highest BCUT2D eigenvalue weighted by atomic mass is 19.4. The first-order valence-electron chi connectivity index (χ1n) is 5.97. The number of rotatable bonds is 5. The monoisotopic (exact) mass is 316 g/mol.